The second-order valence-electron chi connectivity index (χ2n) is 7.61. The highest BCUT2D eigenvalue weighted by Crippen LogP contribution is 2.40. The summed E-state index contributed by atoms with van der Waals surface area (Å²) in [6.45, 7) is 0.577. The molecule has 11 nitrogen and oxygen atoms in total. The minimum absolute atomic E-state index is 0.170. The van der Waals surface area contributed by atoms with Crippen LogP contribution in [0, 0.1) is 0 Å². The zero-order valence-electron chi connectivity index (χ0n) is 17.0. The van der Waals surface area contributed by atoms with E-state index in [0.29, 0.717) is 29.0 Å². The number of nitrogens with zero attached hydrogens (tertiary/aromatic N) is 6. The Labute approximate surface area is 180 Å². The summed E-state index contributed by atoms with van der Waals surface area (Å²) >= 11 is 0. The van der Waals surface area contributed by atoms with E-state index in [4.69, 9.17) is 20.3 Å². The Kier molecular flexibility index (Phi) is 5.77. The summed E-state index contributed by atoms with van der Waals surface area (Å²) in [7, 11) is 13.7. The van der Waals surface area contributed by atoms with E-state index in [0.717, 1.165) is 12.8 Å². The smallest absolute Gasteiger partial charge is 0.275 e. The van der Waals surface area contributed by atoms with Gasteiger partial charge in [-0.15, -0.1) is 0 Å². The first-order chi connectivity index (χ1) is 14.9. The topological polar surface area (TPSA) is 131 Å². The van der Waals surface area contributed by atoms with Crippen molar-refractivity contribution in [3.8, 4) is 0 Å². The first-order valence-electron chi connectivity index (χ1n) is 9.79. The van der Waals surface area contributed by atoms with Crippen LogP contribution in [0.3, 0.4) is 0 Å². The molecule has 0 spiro atoms. The van der Waals surface area contributed by atoms with Gasteiger partial charge in [0.15, 0.2) is 11.3 Å². The van der Waals surface area contributed by atoms with Crippen LogP contribution in [0.5, 0.6) is 0 Å². The lowest BCUT2D eigenvalue weighted by Gasteiger charge is -2.37. The van der Waals surface area contributed by atoms with Gasteiger partial charge in [0.05, 0.1) is 40.3 Å². The molecule has 13 heteroatoms. The fourth-order valence-electron chi connectivity index (χ4n) is 3.23. The number of likely N-dealkylation sites (N-methyl/N-ethyl adjacent to an activating group) is 1. The van der Waals surface area contributed by atoms with Gasteiger partial charge in [-0.05, 0) is 42.0 Å². The van der Waals surface area contributed by atoms with Crippen molar-refractivity contribution < 1.29 is 14.2 Å². The number of fused-ring (bicyclic) bond motifs is 1. The molecule has 0 atom stereocenters. The largest absolute Gasteiger partial charge is 0.351 e. The zero-order valence-corrected chi connectivity index (χ0v) is 17.0. The van der Waals surface area contributed by atoms with Crippen molar-refractivity contribution in [3.05, 3.63) is 41.1 Å². The summed E-state index contributed by atoms with van der Waals surface area (Å²) in [6, 6.07) is 1.77. The fraction of sp³-hybridized carbons (Fsp3) is 0.444. The third-order valence-electron chi connectivity index (χ3n) is 5.02. The molecule has 0 saturated heterocycles. The van der Waals surface area contributed by atoms with E-state index >= 15 is 0 Å². The van der Waals surface area contributed by atoms with Crippen molar-refractivity contribution in [1.82, 2.24) is 40.4 Å². The molecule has 3 aromatic heterocycles. The monoisotopic (exact) mass is 418 g/mol. The van der Waals surface area contributed by atoms with Gasteiger partial charge < -0.3 is 15.5 Å². The van der Waals surface area contributed by atoms with Crippen LogP contribution in [0.4, 0.5) is 0 Å². The summed E-state index contributed by atoms with van der Waals surface area (Å²) in [5.74, 6) is -0.105. The molecule has 0 bridgehead atoms. The minimum atomic E-state index is -1.34. The summed E-state index contributed by atoms with van der Waals surface area (Å²) in [5, 5.41) is 16.1. The number of carbonyl (C=O) groups excluding carboxylic acids is 2. The van der Waals surface area contributed by atoms with Crippen molar-refractivity contribution in [1.29, 1.82) is 0 Å². The molecule has 0 unspecified atom stereocenters. The molecule has 1 aliphatic rings. The van der Waals surface area contributed by atoms with Crippen LogP contribution in [0.25, 0.3) is 5.65 Å². The summed E-state index contributed by atoms with van der Waals surface area (Å²) < 4.78 is 6.30. The molecule has 156 valence electrons. The van der Waals surface area contributed by atoms with Crippen LogP contribution in [-0.4, -0.2) is 76.8 Å². The molecule has 4 rings (SSSR count). The maximum absolute atomic E-state index is 12.4. The van der Waals surface area contributed by atoms with Crippen LogP contribution in [0.2, 0.25) is 0 Å². The Morgan fingerprint density at radius 2 is 2.23 bits per heavy atom. The third-order valence-corrected chi connectivity index (χ3v) is 5.02. The Hall–Kier alpha value is -3.21. The number of hydrogen-bond donors (Lipinski definition) is 2. The highest BCUT2D eigenvalue weighted by Gasteiger charge is 2.33. The fourth-order valence-corrected chi connectivity index (χ4v) is 3.23. The summed E-state index contributed by atoms with van der Waals surface area (Å²) in [6.07, 6.45) is 5.88. The quantitative estimate of drug-likeness (QED) is 0.320. The van der Waals surface area contributed by atoms with E-state index in [-0.39, 0.29) is 37.2 Å². The molecule has 0 aromatic carbocycles. The lowest BCUT2D eigenvalue weighted by molar-refractivity contribution is -0.120. The number of carbonyl (C=O) groups is 2. The number of nitrogens with one attached hydrogen (secondary N) is 2. The van der Waals surface area contributed by atoms with E-state index in [2.05, 4.69) is 31.0 Å². The zero-order chi connectivity index (χ0) is 22.0. The molecule has 3 heterocycles. The lowest BCUT2D eigenvalue weighted by atomic mass is 9.60. The molecule has 1 fully saturated rings. The highest BCUT2D eigenvalue weighted by atomic mass is 16.6. The summed E-state index contributed by atoms with van der Waals surface area (Å²) in [4.78, 5) is 29.6. The number of amides is 2. The minimum Gasteiger partial charge on any atom is -0.351 e. The van der Waals surface area contributed by atoms with Gasteiger partial charge in [-0.3, -0.25) is 9.59 Å². The molecule has 0 aliphatic heterocycles. The Morgan fingerprint density at radius 3 is 2.94 bits per heavy atom. The molecule has 1 aliphatic carbocycles. The van der Waals surface area contributed by atoms with Crippen molar-refractivity contribution in [3.63, 3.8) is 0 Å². The van der Waals surface area contributed by atoms with Crippen LogP contribution in [-0.2, 0) is 17.9 Å². The van der Waals surface area contributed by atoms with Crippen molar-refractivity contribution in [2.75, 3.05) is 13.6 Å². The maximum Gasteiger partial charge on any atom is 0.275 e. The van der Waals surface area contributed by atoms with Gasteiger partial charge in [0.1, 0.15) is 5.69 Å². The first kappa shape index (κ1) is 21.0. The lowest BCUT2D eigenvalue weighted by Crippen LogP contribution is -2.54. The average Bonchev–Trinajstić information content (AvgIpc) is 3.32. The molecular weight excluding hydrogens is 398 g/mol. The third kappa shape index (κ3) is 4.61. The van der Waals surface area contributed by atoms with E-state index in [1.165, 1.54) is 4.90 Å². The second kappa shape index (κ2) is 8.50. The van der Waals surface area contributed by atoms with E-state index in [9.17, 15) is 9.59 Å². The summed E-state index contributed by atoms with van der Waals surface area (Å²) in [5.41, 5.74) is 2.70. The van der Waals surface area contributed by atoms with Crippen LogP contribution >= 0.6 is 0 Å². The standard InChI is InChI=1S/C18H20B2N8O3/c1-21-9-18(19,20)27(10-29)7-11-4-14-24-13(8-28(14)23-5-11)6-22-17(30)16-15(12-2-3-12)25-31-26-16/h4-5,8,10,12,21H,2-3,6-7,9H2,1H3,(H,22,30). The predicted molar refractivity (Wildman–Crippen MR) is 110 cm³/mol. The molecule has 2 amide bonds. The van der Waals surface area contributed by atoms with Crippen LogP contribution in [0.15, 0.2) is 23.1 Å². The predicted octanol–water partition coefficient (Wildman–Crippen LogP) is -0.912. The van der Waals surface area contributed by atoms with E-state index < -0.39 is 5.34 Å². The number of rotatable bonds is 10. The first-order valence-corrected chi connectivity index (χ1v) is 9.79. The number of hydrogen-bond acceptors (Lipinski definition) is 8. The van der Waals surface area contributed by atoms with Gasteiger partial charge in [-0.1, -0.05) is 5.16 Å². The molecule has 4 radical (unpaired) electrons. The van der Waals surface area contributed by atoms with E-state index in [1.54, 1.807) is 30.0 Å². The molecular formula is C18H20B2N8O3. The maximum atomic E-state index is 12.4. The molecule has 1 saturated carbocycles. The normalized spacial score (nSPS) is 14.0. The van der Waals surface area contributed by atoms with Crippen LogP contribution < -0.4 is 10.6 Å². The van der Waals surface area contributed by atoms with Gasteiger partial charge >= 0.3 is 0 Å². The van der Waals surface area contributed by atoms with Gasteiger partial charge in [0, 0.05) is 19.0 Å². The van der Waals surface area contributed by atoms with Gasteiger partial charge in [-0.2, -0.15) is 5.10 Å². The van der Waals surface area contributed by atoms with E-state index in [1.807, 2.05) is 0 Å². The van der Waals surface area contributed by atoms with Crippen molar-refractivity contribution in [2.24, 2.45) is 0 Å². The number of imidazole rings is 1. The second-order valence-corrected chi connectivity index (χ2v) is 7.61. The van der Waals surface area contributed by atoms with Crippen molar-refractivity contribution >= 4 is 33.7 Å². The van der Waals surface area contributed by atoms with Crippen LogP contribution in [0.1, 0.15) is 46.2 Å². The molecule has 31 heavy (non-hydrogen) atoms. The SMILES string of the molecule is [B]C([B])(CNC)N(C=O)Cc1cnn2cc(CNC(=O)c3nonc3C3CC3)nc2c1. The van der Waals surface area contributed by atoms with Gasteiger partial charge in [-0.25, -0.2) is 14.1 Å². The average molecular weight is 418 g/mol. The Morgan fingerprint density at radius 1 is 1.42 bits per heavy atom. The Balaban J connectivity index is 1.43. The van der Waals surface area contributed by atoms with Crippen molar-refractivity contribution in [2.45, 2.75) is 37.2 Å². The number of aromatic nitrogens is 5. The van der Waals surface area contributed by atoms with Gasteiger partial charge in [0.25, 0.3) is 5.91 Å². The molecule has 2 N–H and O–H groups in total. The van der Waals surface area contributed by atoms with Gasteiger partial charge in [0.2, 0.25) is 6.41 Å². The Bertz CT molecular complexity index is 1090. The molecule has 3 aromatic rings. The highest BCUT2D eigenvalue weighted by molar-refractivity contribution is 6.40.